The van der Waals surface area contributed by atoms with Crippen LogP contribution in [0.25, 0.3) is 110 Å². The molecule has 0 amide bonds. The van der Waals surface area contributed by atoms with Crippen molar-refractivity contribution >= 4 is 132 Å². The number of fused-ring (bicyclic) bond motifs is 13. The number of anilines is 6. The van der Waals surface area contributed by atoms with Gasteiger partial charge in [-0.25, -0.2) is 0 Å². The number of nitrogens with zero attached hydrogens (tertiary/aromatic N) is 4. The largest absolute Gasteiger partial charge is 0.456 e. The topological polar surface area (TPSA) is 42.6 Å². The van der Waals surface area contributed by atoms with Crippen molar-refractivity contribution in [2.45, 2.75) is 0 Å². The first-order valence-electron chi connectivity index (χ1n) is 25.8. The van der Waals surface area contributed by atoms with Crippen LogP contribution in [0.1, 0.15) is 0 Å². The summed E-state index contributed by atoms with van der Waals surface area (Å²) in [4.78, 5) is 4.65. The molecular weight excluding hydrogens is 929 g/mol. The molecule has 356 valence electrons. The van der Waals surface area contributed by atoms with Crippen LogP contribution in [0.2, 0.25) is 0 Å². The maximum atomic E-state index is 6.83. The highest BCUT2D eigenvalue weighted by Gasteiger charge is 2.22. The third-order valence-corrected chi connectivity index (χ3v) is 15.4. The normalized spacial score (nSPS) is 11.9. The Morgan fingerprint density at radius 3 is 0.974 bits per heavy atom. The summed E-state index contributed by atoms with van der Waals surface area (Å²) in [5, 5.41) is 11.3. The lowest BCUT2D eigenvalue weighted by atomic mass is 10.0. The van der Waals surface area contributed by atoms with E-state index < -0.39 is 0 Å². The van der Waals surface area contributed by atoms with Crippen LogP contribution in [-0.4, -0.2) is 9.13 Å². The van der Waals surface area contributed by atoms with E-state index in [1.54, 1.807) is 0 Å². The molecule has 4 heterocycles. The summed E-state index contributed by atoms with van der Waals surface area (Å²) >= 11 is 0. The molecule has 0 fully saturated rings. The number of para-hydroxylation sites is 6. The molecule has 0 bridgehead atoms. The molecule has 0 spiro atoms. The minimum absolute atomic E-state index is 0.827. The Hall–Kier alpha value is -10.3. The molecule has 12 aromatic carbocycles. The van der Waals surface area contributed by atoms with Crippen LogP contribution in [0.5, 0.6) is 0 Å². The molecule has 16 aromatic rings. The molecule has 0 N–H and O–H groups in total. The first-order valence-corrected chi connectivity index (χ1v) is 25.8. The van der Waals surface area contributed by atoms with E-state index in [-0.39, 0.29) is 0 Å². The molecule has 0 saturated heterocycles. The first kappa shape index (κ1) is 42.2. The van der Waals surface area contributed by atoms with Crippen molar-refractivity contribution in [3.05, 3.63) is 267 Å². The second-order valence-electron chi connectivity index (χ2n) is 19.7. The molecule has 0 saturated carbocycles. The summed E-state index contributed by atoms with van der Waals surface area (Å²) in [5.41, 5.74) is 16.5. The minimum Gasteiger partial charge on any atom is -0.456 e. The summed E-state index contributed by atoms with van der Waals surface area (Å²) in [6, 6.07) is 95.5. The summed E-state index contributed by atoms with van der Waals surface area (Å²) in [7, 11) is 0. The van der Waals surface area contributed by atoms with E-state index in [0.717, 1.165) is 111 Å². The molecule has 0 atom stereocenters. The zero-order valence-electron chi connectivity index (χ0n) is 41.0. The van der Waals surface area contributed by atoms with E-state index >= 15 is 0 Å². The summed E-state index contributed by atoms with van der Waals surface area (Å²) in [6.07, 6.45) is 0. The maximum Gasteiger partial charge on any atom is 0.137 e. The van der Waals surface area contributed by atoms with Crippen molar-refractivity contribution in [2.75, 3.05) is 9.80 Å². The van der Waals surface area contributed by atoms with E-state index in [9.17, 15) is 0 Å². The van der Waals surface area contributed by atoms with Gasteiger partial charge in [-0.1, -0.05) is 121 Å². The molecule has 16 rings (SSSR count). The van der Waals surface area contributed by atoms with Gasteiger partial charge in [0.05, 0.1) is 22.1 Å². The fourth-order valence-electron chi connectivity index (χ4n) is 12.0. The van der Waals surface area contributed by atoms with Crippen LogP contribution in [0.15, 0.2) is 276 Å². The van der Waals surface area contributed by atoms with Gasteiger partial charge >= 0.3 is 0 Å². The van der Waals surface area contributed by atoms with Crippen molar-refractivity contribution in [3.63, 3.8) is 0 Å². The minimum atomic E-state index is 0.827. The molecule has 6 nitrogen and oxygen atoms in total. The van der Waals surface area contributed by atoms with E-state index in [0.29, 0.717) is 0 Å². The third kappa shape index (κ3) is 6.54. The van der Waals surface area contributed by atoms with Crippen molar-refractivity contribution in [1.82, 2.24) is 9.13 Å². The van der Waals surface area contributed by atoms with Gasteiger partial charge in [0, 0.05) is 101 Å². The highest BCUT2D eigenvalue weighted by Crippen LogP contribution is 2.45. The Morgan fingerprint density at radius 2 is 0.553 bits per heavy atom. The van der Waals surface area contributed by atoms with Crippen LogP contribution >= 0.6 is 0 Å². The van der Waals surface area contributed by atoms with Gasteiger partial charge < -0.3 is 27.8 Å². The summed E-state index contributed by atoms with van der Waals surface area (Å²) in [5.74, 6) is 0. The lowest BCUT2D eigenvalue weighted by molar-refractivity contribution is 0.668. The van der Waals surface area contributed by atoms with Crippen LogP contribution in [0.3, 0.4) is 0 Å². The second-order valence-corrected chi connectivity index (χ2v) is 19.7. The van der Waals surface area contributed by atoms with E-state index in [1.165, 1.54) is 32.6 Å². The Kier molecular flexibility index (Phi) is 9.23. The van der Waals surface area contributed by atoms with Gasteiger partial charge in [0.1, 0.15) is 22.3 Å². The van der Waals surface area contributed by atoms with Gasteiger partial charge in [-0.2, -0.15) is 0 Å². The van der Waals surface area contributed by atoms with Crippen LogP contribution < -0.4 is 9.80 Å². The molecular formula is C70H44N4O2. The van der Waals surface area contributed by atoms with Crippen molar-refractivity contribution in [2.24, 2.45) is 0 Å². The number of hydrogen-bond acceptors (Lipinski definition) is 4. The SMILES string of the molecule is c1ccc(N(c2ccc3c(c2)oc2cc4cc5c(cc4cc23)oc2cc(N(c3ccccc3)c3ccc4c6ccccc6n(-c6ccccc6)c4c3)ccc25)c2ccc3c4ccccc4n(-c4ccccc4)c3c2)cc1. The number of rotatable bonds is 8. The maximum absolute atomic E-state index is 6.83. The zero-order valence-corrected chi connectivity index (χ0v) is 41.0. The highest BCUT2D eigenvalue weighted by molar-refractivity contribution is 6.17. The molecule has 76 heavy (non-hydrogen) atoms. The van der Waals surface area contributed by atoms with Gasteiger partial charge in [-0.05, 0) is 144 Å². The fourth-order valence-corrected chi connectivity index (χ4v) is 12.0. The highest BCUT2D eigenvalue weighted by atomic mass is 16.3. The van der Waals surface area contributed by atoms with Gasteiger partial charge in [0.2, 0.25) is 0 Å². The monoisotopic (exact) mass is 972 g/mol. The smallest absolute Gasteiger partial charge is 0.137 e. The summed E-state index contributed by atoms with van der Waals surface area (Å²) < 4.78 is 18.4. The van der Waals surface area contributed by atoms with Crippen LogP contribution in [0.4, 0.5) is 34.1 Å². The fraction of sp³-hybridized carbons (Fsp3) is 0. The lowest BCUT2D eigenvalue weighted by Crippen LogP contribution is -2.09. The third-order valence-electron chi connectivity index (χ3n) is 15.4. The predicted octanol–water partition coefficient (Wildman–Crippen LogP) is 19.8. The lowest BCUT2D eigenvalue weighted by Gasteiger charge is -2.25. The average molecular weight is 973 g/mol. The Morgan fingerprint density at radius 1 is 0.224 bits per heavy atom. The predicted molar refractivity (Wildman–Crippen MR) is 317 cm³/mol. The van der Waals surface area contributed by atoms with Gasteiger partial charge in [-0.15, -0.1) is 0 Å². The first-order chi connectivity index (χ1) is 37.7. The number of aromatic nitrogens is 2. The molecule has 4 aromatic heterocycles. The second kappa shape index (κ2) is 16.6. The standard InChI is InChI=1S/C70H44N4O2/c1-5-17-47(18-6-1)71(51-29-33-57-55-25-13-15-27-63(55)73(65(57)41-51)49-21-9-3-10-22-49)53-31-35-59-61-37-45-40-68-62(38-46(45)39-67(61)75-69(59)43-53)60-36-32-54(44-70(60)76-68)72(48-19-7-2-8-20-48)52-30-34-58-56-26-14-16-28-64(56)74(66(58)42-52)50-23-11-4-12-24-50/h1-44H. The van der Waals surface area contributed by atoms with Gasteiger partial charge in [0.15, 0.2) is 0 Å². The molecule has 0 aliphatic heterocycles. The van der Waals surface area contributed by atoms with Crippen molar-refractivity contribution < 1.29 is 8.83 Å². The van der Waals surface area contributed by atoms with Crippen LogP contribution in [-0.2, 0) is 0 Å². The average Bonchev–Trinajstić information content (AvgIpc) is 4.23. The number of benzene rings is 12. The number of furan rings is 2. The molecule has 0 aliphatic carbocycles. The quantitative estimate of drug-likeness (QED) is 0.152. The summed E-state index contributed by atoms with van der Waals surface area (Å²) in [6.45, 7) is 0. The van der Waals surface area contributed by atoms with E-state index in [2.05, 4.69) is 286 Å². The van der Waals surface area contributed by atoms with E-state index in [4.69, 9.17) is 8.83 Å². The van der Waals surface area contributed by atoms with Gasteiger partial charge in [-0.3, -0.25) is 0 Å². The Labute approximate surface area is 436 Å². The van der Waals surface area contributed by atoms with Crippen molar-refractivity contribution in [1.29, 1.82) is 0 Å². The molecule has 0 aliphatic rings. The molecule has 0 unspecified atom stereocenters. The zero-order chi connectivity index (χ0) is 49.8. The van der Waals surface area contributed by atoms with Gasteiger partial charge in [0.25, 0.3) is 0 Å². The number of hydrogen-bond donors (Lipinski definition) is 0. The van der Waals surface area contributed by atoms with E-state index in [1.807, 2.05) is 0 Å². The van der Waals surface area contributed by atoms with Crippen molar-refractivity contribution in [3.8, 4) is 11.4 Å². The molecule has 6 heteroatoms. The Bertz CT molecular complexity index is 4620. The Balaban J connectivity index is 0.793. The van der Waals surface area contributed by atoms with Crippen LogP contribution in [0, 0.1) is 0 Å². The molecule has 0 radical (unpaired) electrons.